The minimum Gasteiger partial charge on any atom is -0.392 e. The van der Waals surface area contributed by atoms with Gasteiger partial charge in [0.05, 0.1) is 6.61 Å². The highest BCUT2D eigenvalue weighted by molar-refractivity contribution is 5.50. The van der Waals surface area contributed by atoms with Crippen LogP contribution in [0.1, 0.15) is 38.7 Å². The van der Waals surface area contributed by atoms with Crippen LogP contribution in [-0.4, -0.2) is 18.2 Å². The van der Waals surface area contributed by atoms with Crippen molar-refractivity contribution in [1.82, 2.24) is 0 Å². The first kappa shape index (κ1) is 14.3. The molecule has 2 nitrogen and oxygen atoms in total. The number of hydrogen-bond acceptors (Lipinski definition) is 2. The Hall–Kier alpha value is -1.16. The number of halogens is 2. The zero-order valence-corrected chi connectivity index (χ0v) is 11.5. The van der Waals surface area contributed by atoms with Crippen LogP contribution in [0.4, 0.5) is 14.5 Å². The molecule has 106 valence electrons. The van der Waals surface area contributed by atoms with Gasteiger partial charge in [-0.25, -0.2) is 8.78 Å². The normalized spacial score (nSPS) is 19.3. The average molecular weight is 269 g/mol. The predicted octanol–water partition coefficient (Wildman–Crippen LogP) is 3.47. The molecular weight excluding hydrogens is 248 g/mol. The molecule has 0 unspecified atom stereocenters. The second-order valence-electron chi connectivity index (χ2n) is 6.07. The third-order valence-corrected chi connectivity index (χ3v) is 3.92. The Morgan fingerprint density at radius 3 is 2.37 bits per heavy atom. The minimum absolute atomic E-state index is 0.0508. The number of hydrogen-bond donors (Lipinski definition) is 1. The Kier molecular flexibility index (Phi) is 4.09. The summed E-state index contributed by atoms with van der Waals surface area (Å²) in [4.78, 5) is 1.79. The number of aliphatic hydroxyl groups is 1. The largest absolute Gasteiger partial charge is 0.392 e. The average Bonchev–Trinajstić information content (AvgIpc) is 2.50. The molecule has 0 amide bonds. The van der Waals surface area contributed by atoms with Gasteiger partial charge in [-0.2, -0.15) is 0 Å². The van der Waals surface area contributed by atoms with Gasteiger partial charge in [0, 0.05) is 13.1 Å². The minimum atomic E-state index is -0.580. The van der Waals surface area contributed by atoms with Gasteiger partial charge in [0.1, 0.15) is 17.3 Å². The summed E-state index contributed by atoms with van der Waals surface area (Å²) in [6.45, 7) is 5.38. The monoisotopic (exact) mass is 269 g/mol. The van der Waals surface area contributed by atoms with E-state index in [9.17, 15) is 8.78 Å². The van der Waals surface area contributed by atoms with Gasteiger partial charge in [-0.05, 0) is 42.4 Å². The van der Waals surface area contributed by atoms with Crippen LogP contribution in [0.15, 0.2) is 12.1 Å². The lowest BCUT2D eigenvalue weighted by molar-refractivity contribution is 0.280. The van der Waals surface area contributed by atoms with Crippen LogP contribution >= 0.6 is 0 Å². The lowest BCUT2D eigenvalue weighted by Crippen LogP contribution is -2.27. The first-order chi connectivity index (χ1) is 8.93. The zero-order valence-electron chi connectivity index (χ0n) is 11.5. The molecule has 1 aliphatic heterocycles. The number of rotatable bonds is 2. The van der Waals surface area contributed by atoms with E-state index in [1.165, 1.54) is 12.1 Å². The summed E-state index contributed by atoms with van der Waals surface area (Å²) in [5.41, 5.74) is 0.552. The van der Waals surface area contributed by atoms with Gasteiger partial charge in [0.25, 0.3) is 0 Å². The molecule has 1 heterocycles. The Labute approximate surface area is 113 Å². The molecule has 0 saturated carbocycles. The van der Waals surface area contributed by atoms with Crippen LogP contribution in [0.25, 0.3) is 0 Å². The molecule has 0 aromatic heterocycles. The van der Waals surface area contributed by atoms with Gasteiger partial charge in [-0.1, -0.05) is 13.8 Å². The molecule has 4 heteroatoms. The molecule has 2 rings (SSSR count). The topological polar surface area (TPSA) is 23.5 Å². The first-order valence-electron chi connectivity index (χ1n) is 6.77. The maximum absolute atomic E-state index is 14.0. The van der Waals surface area contributed by atoms with Crippen molar-refractivity contribution in [2.45, 2.75) is 39.7 Å². The summed E-state index contributed by atoms with van der Waals surface area (Å²) in [7, 11) is 0. The second kappa shape index (κ2) is 5.45. The molecular formula is C15H21F2NO. The molecule has 0 aliphatic carbocycles. The predicted molar refractivity (Wildman–Crippen MR) is 72.1 cm³/mol. The van der Waals surface area contributed by atoms with Crippen molar-refractivity contribution in [3.8, 4) is 0 Å². The molecule has 1 aliphatic rings. The smallest absolute Gasteiger partial charge is 0.149 e. The SMILES string of the molecule is CC1(C)CCCN(c2c(F)cc(CO)cc2F)CC1. The van der Waals surface area contributed by atoms with E-state index in [0.717, 1.165) is 19.3 Å². The van der Waals surface area contributed by atoms with E-state index in [1.54, 1.807) is 4.90 Å². The van der Waals surface area contributed by atoms with Crippen molar-refractivity contribution in [2.75, 3.05) is 18.0 Å². The molecule has 0 bridgehead atoms. The number of aliphatic hydroxyl groups excluding tert-OH is 1. The fraction of sp³-hybridized carbons (Fsp3) is 0.600. The first-order valence-corrected chi connectivity index (χ1v) is 6.77. The highest BCUT2D eigenvalue weighted by Gasteiger charge is 2.26. The summed E-state index contributed by atoms with van der Waals surface area (Å²) in [6, 6.07) is 2.43. The molecule has 0 radical (unpaired) electrons. The molecule has 1 fully saturated rings. The number of anilines is 1. The van der Waals surface area contributed by atoms with Gasteiger partial charge >= 0.3 is 0 Å². The summed E-state index contributed by atoms with van der Waals surface area (Å²) in [6.07, 6.45) is 2.93. The van der Waals surface area contributed by atoms with Crippen molar-refractivity contribution in [1.29, 1.82) is 0 Å². The third-order valence-electron chi connectivity index (χ3n) is 3.92. The van der Waals surface area contributed by atoms with Gasteiger partial charge in [0.2, 0.25) is 0 Å². The Balaban J connectivity index is 2.27. The zero-order chi connectivity index (χ0) is 14.0. The van der Waals surface area contributed by atoms with Crippen molar-refractivity contribution in [2.24, 2.45) is 5.41 Å². The summed E-state index contributed by atoms with van der Waals surface area (Å²) in [5.74, 6) is -1.16. The van der Waals surface area contributed by atoms with Gasteiger partial charge in [-0.15, -0.1) is 0 Å². The second-order valence-corrected chi connectivity index (χ2v) is 6.07. The van der Waals surface area contributed by atoms with Crippen LogP contribution in [-0.2, 0) is 6.61 Å². The highest BCUT2D eigenvalue weighted by atomic mass is 19.1. The Bertz CT molecular complexity index is 436. The van der Waals surface area contributed by atoms with E-state index in [4.69, 9.17) is 5.11 Å². The van der Waals surface area contributed by atoms with E-state index < -0.39 is 11.6 Å². The maximum atomic E-state index is 14.0. The molecule has 0 atom stereocenters. The van der Waals surface area contributed by atoms with Crippen molar-refractivity contribution in [3.63, 3.8) is 0 Å². The lowest BCUT2D eigenvalue weighted by Gasteiger charge is -2.25. The summed E-state index contributed by atoms with van der Waals surface area (Å²) < 4.78 is 28.0. The third kappa shape index (κ3) is 3.24. The fourth-order valence-corrected chi connectivity index (χ4v) is 2.66. The van der Waals surface area contributed by atoms with E-state index >= 15 is 0 Å². The van der Waals surface area contributed by atoms with Crippen LogP contribution in [0.2, 0.25) is 0 Å². The number of nitrogens with zero attached hydrogens (tertiary/aromatic N) is 1. The van der Waals surface area contributed by atoms with Gasteiger partial charge in [0.15, 0.2) is 0 Å². The Morgan fingerprint density at radius 1 is 1.16 bits per heavy atom. The van der Waals surface area contributed by atoms with E-state index in [2.05, 4.69) is 13.8 Å². The van der Waals surface area contributed by atoms with E-state index in [-0.39, 0.29) is 23.3 Å². The highest BCUT2D eigenvalue weighted by Crippen LogP contribution is 2.33. The Morgan fingerprint density at radius 2 is 1.79 bits per heavy atom. The van der Waals surface area contributed by atoms with Crippen molar-refractivity contribution >= 4 is 5.69 Å². The standard InChI is InChI=1S/C15H21F2NO/c1-15(2)4-3-6-18(7-5-15)14-12(16)8-11(10-19)9-13(14)17/h8-9,19H,3-7,10H2,1-2H3. The van der Waals surface area contributed by atoms with Crippen LogP contribution < -0.4 is 4.90 Å². The van der Waals surface area contributed by atoms with Crippen LogP contribution in [0.5, 0.6) is 0 Å². The molecule has 1 saturated heterocycles. The molecule has 0 spiro atoms. The van der Waals surface area contributed by atoms with E-state index in [0.29, 0.717) is 13.1 Å². The fourth-order valence-electron chi connectivity index (χ4n) is 2.66. The molecule has 19 heavy (non-hydrogen) atoms. The van der Waals surface area contributed by atoms with Gasteiger partial charge in [-0.3, -0.25) is 0 Å². The lowest BCUT2D eigenvalue weighted by atomic mass is 9.85. The van der Waals surface area contributed by atoms with Crippen LogP contribution in [0.3, 0.4) is 0 Å². The summed E-state index contributed by atoms with van der Waals surface area (Å²) >= 11 is 0. The van der Waals surface area contributed by atoms with Crippen LogP contribution in [0, 0.1) is 17.0 Å². The quantitative estimate of drug-likeness (QED) is 0.888. The number of benzene rings is 1. The van der Waals surface area contributed by atoms with E-state index in [1.807, 2.05) is 0 Å². The van der Waals surface area contributed by atoms with Gasteiger partial charge < -0.3 is 10.0 Å². The van der Waals surface area contributed by atoms with Crippen molar-refractivity contribution < 1.29 is 13.9 Å². The molecule has 1 aromatic rings. The maximum Gasteiger partial charge on any atom is 0.149 e. The van der Waals surface area contributed by atoms with Crippen molar-refractivity contribution in [3.05, 3.63) is 29.3 Å². The molecule has 1 N–H and O–H groups in total. The molecule has 1 aromatic carbocycles. The summed E-state index contributed by atoms with van der Waals surface area (Å²) in [5, 5.41) is 8.95.